The molecule has 0 bridgehead atoms. The number of rotatable bonds is 8. The Labute approximate surface area is 92.3 Å². The summed E-state index contributed by atoms with van der Waals surface area (Å²) in [6.45, 7) is 7.31. The zero-order valence-electron chi connectivity index (χ0n) is 9.50. The summed E-state index contributed by atoms with van der Waals surface area (Å²) in [4.78, 5) is 11.0. The number of carbonyl (C=O) groups excluding carboxylic acids is 1. The van der Waals surface area contributed by atoms with E-state index in [4.69, 9.17) is 0 Å². The van der Waals surface area contributed by atoms with Crippen molar-refractivity contribution in [1.29, 1.82) is 0 Å². The van der Waals surface area contributed by atoms with Crippen LogP contribution in [0.4, 0.5) is 0 Å². The van der Waals surface area contributed by atoms with Gasteiger partial charge in [0.25, 0.3) is 0 Å². The van der Waals surface area contributed by atoms with E-state index in [2.05, 4.69) is 30.0 Å². The van der Waals surface area contributed by atoms with Gasteiger partial charge in [0, 0.05) is 5.57 Å². The van der Waals surface area contributed by atoms with Crippen molar-refractivity contribution in [2.75, 3.05) is 7.11 Å². The average molecular weight is 208 g/mol. The van der Waals surface area contributed by atoms with Crippen molar-refractivity contribution in [3.05, 3.63) is 37.0 Å². The molecule has 0 fully saturated rings. The molecule has 2 nitrogen and oxygen atoms in total. The van der Waals surface area contributed by atoms with Gasteiger partial charge in [-0.05, 0) is 32.1 Å². The maximum Gasteiger partial charge on any atom is 0.333 e. The number of esters is 1. The zero-order valence-corrected chi connectivity index (χ0v) is 9.50. The van der Waals surface area contributed by atoms with Crippen LogP contribution in [-0.2, 0) is 9.53 Å². The molecule has 15 heavy (non-hydrogen) atoms. The lowest BCUT2D eigenvalue weighted by molar-refractivity contribution is -0.136. The van der Waals surface area contributed by atoms with Gasteiger partial charge in [-0.25, -0.2) is 4.79 Å². The second kappa shape index (κ2) is 9.25. The average Bonchev–Trinajstić information content (AvgIpc) is 2.26. The highest BCUT2D eigenvalue weighted by atomic mass is 16.5. The van der Waals surface area contributed by atoms with Crippen LogP contribution in [0, 0.1) is 0 Å². The van der Waals surface area contributed by atoms with Crippen molar-refractivity contribution < 1.29 is 9.53 Å². The predicted molar refractivity (Wildman–Crippen MR) is 63.6 cm³/mol. The molecule has 0 unspecified atom stereocenters. The van der Waals surface area contributed by atoms with E-state index < -0.39 is 0 Å². The Morgan fingerprint density at radius 1 is 1.27 bits per heavy atom. The van der Waals surface area contributed by atoms with Gasteiger partial charge in [-0.3, -0.25) is 0 Å². The van der Waals surface area contributed by atoms with E-state index in [1.54, 1.807) is 0 Å². The quantitative estimate of drug-likeness (QED) is 0.264. The van der Waals surface area contributed by atoms with Gasteiger partial charge in [0.2, 0.25) is 0 Å². The molecule has 2 heteroatoms. The van der Waals surface area contributed by atoms with Crippen molar-refractivity contribution >= 4 is 5.97 Å². The van der Waals surface area contributed by atoms with Crippen LogP contribution < -0.4 is 0 Å². The van der Waals surface area contributed by atoms with Gasteiger partial charge in [-0.15, -0.1) is 6.58 Å². The van der Waals surface area contributed by atoms with E-state index in [0.29, 0.717) is 12.0 Å². The molecule has 0 spiro atoms. The molecule has 0 aliphatic heterocycles. The van der Waals surface area contributed by atoms with Crippen molar-refractivity contribution in [2.45, 2.75) is 32.1 Å². The summed E-state index contributed by atoms with van der Waals surface area (Å²) in [6.07, 6.45) is 10.9. The fourth-order valence-corrected chi connectivity index (χ4v) is 1.12. The normalized spacial score (nSPS) is 10.2. The molecular weight excluding hydrogens is 188 g/mol. The molecule has 0 saturated heterocycles. The molecule has 84 valence electrons. The zero-order chi connectivity index (χ0) is 11.5. The molecule has 0 rings (SSSR count). The van der Waals surface area contributed by atoms with E-state index in [1.807, 2.05) is 6.08 Å². The van der Waals surface area contributed by atoms with E-state index >= 15 is 0 Å². The Morgan fingerprint density at radius 3 is 2.53 bits per heavy atom. The Morgan fingerprint density at radius 2 is 1.93 bits per heavy atom. The van der Waals surface area contributed by atoms with Crippen LogP contribution in [0.2, 0.25) is 0 Å². The van der Waals surface area contributed by atoms with Crippen LogP contribution >= 0.6 is 0 Å². The molecule has 0 aromatic rings. The molecule has 0 N–H and O–H groups in total. The number of hydrogen-bond acceptors (Lipinski definition) is 2. The lowest BCUT2D eigenvalue weighted by Crippen LogP contribution is -2.02. The summed E-state index contributed by atoms with van der Waals surface area (Å²) in [5.41, 5.74) is 0.535. The SMILES string of the molecule is C=CCCC/C=C/CCC(=C)C(=O)OC. The van der Waals surface area contributed by atoms with Crippen LogP contribution in [0.25, 0.3) is 0 Å². The minimum atomic E-state index is -0.310. The van der Waals surface area contributed by atoms with Crippen LogP contribution in [-0.4, -0.2) is 13.1 Å². The number of methoxy groups -OCH3 is 1. The Bertz CT molecular complexity index is 239. The lowest BCUT2D eigenvalue weighted by atomic mass is 10.1. The monoisotopic (exact) mass is 208 g/mol. The largest absolute Gasteiger partial charge is 0.466 e. The van der Waals surface area contributed by atoms with E-state index in [-0.39, 0.29) is 5.97 Å². The minimum absolute atomic E-state index is 0.310. The summed E-state index contributed by atoms with van der Waals surface area (Å²) in [5.74, 6) is -0.310. The first kappa shape index (κ1) is 13.7. The van der Waals surface area contributed by atoms with Crippen LogP contribution in [0.1, 0.15) is 32.1 Å². The fraction of sp³-hybridized carbons (Fsp3) is 0.462. The number of unbranched alkanes of at least 4 members (excludes halogenated alkanes) is 2. The van der Waals surface area contributed by atoms with Gasteiger partial charge in [0.1, 0.15) is 0 Å². The van der Waals surface area contributed by atoms with E-state index in [0.717, 1.165) is 25.7 Å². The molecule has 0 amide bonds. The minimum Gasteiger partial charge on any atom is -0.466 e. The molecule has 0 atom stereocenters. The summed E-state index contributed by atoms with van der Waals surface area (Å²) in [7, 11) is 1.37. The Balaban J connectivity index is 3.48. The van der Waals surface area contributed by atoms with Crippen molar-refractivity contribution in [1.82, 2.24) is 0 Å². The van der Waals surface area contributed by atoms with Gasteiger partial charge in [-0.1, -0.05) is 24.8 Å². The second-order valence-corrected chi connectivity index (χ2v) is 3.32. The Kier molecular flexibility index (Phi) is 8.44. The third-order valence-corrected chi connectivity index (χ3v) is 2.03. The molecule has 0 heterocycles. The lowest BCUT2D eigenvalue weighted by Gasteiger charge is -1.99. The summed E-state index contributed by atoms with van der Waals surface area (Å²) >= 11 is 0. The highest BCUT2D eigenvalue weighted by molar-refractivity contribution is 5.87. The van der Waals surface area contributed by atoms with Crippen LogP contribution in [0.3, 0.4) is 0 Å². The number of carbonyl (C=O) groups is 1. The third-order valence-electron chi connectivity index (χ3n) is 2.03. The smallest absolute Gasteiger partial charge is 0.333 e. The van der Waals surface area contributed by atoms with E-state index in [1.165, 1.54) is 7.11 Å². The number of hydrogen-bond donors (Lipinski definition) is 0. The molecule has 0 aromatic heterocycles. The van der Waals surface area contributed by atoms with Gasteiger partial charge >= 0.3 is 5.97 Å². The van der Waals surface area contributed by atoms with Gasteiger partial charge in [0.05, 0.1) is 7.11 Å². The summed E-state index contributed by atoms with van der Waals surface area (Å²) < 4.78 is 4.55. The van der Waals surface area contributed by atoms with E-state index in [9.17, 15) is 4.79 Å². The highest BCUT2D eigenvalue weighted by Gasteiger charge is 2.03. The van der Waals surface area contributed by atoms with Crippen molar-refractivity contribution in [3.8, 4) is 0 Å². The maximum atomic E-state index is 11.0. The topological polar surface area (TPSA) is 26.3 Å². The number of allylic oxidation sites excluding steroid dienone is 3. The summed E-state index contributed by atoms with van der Waals surface area (Å²) in [5, 5.41) is 0. The molecule has 0 saturated carbocycles. The van der Waals surface area contributed by atoms with Crippen molar-refractivity contribution in [2.24, 2.45) is 0 Å². The standard InChI is InChI=1S/C13H20O2/c1-4-5-6-7-8-9-10-11-12(2)13(14)15-3/h4,8-9H,1-2,5-7,10-11H2,3H3/b9-8+. The first-order valence-corrected chi connectivity index (χ1v) is 5.24. The predicted octanol–water partition coefficient (Wildman–Crippen LogP) is 3.41. The first-order valence-electron chi connectivity index (χ1n) is 5.24. The van der Waals surface area contributed by atoms with Gasteiger partial charge in [0.15, 0.2) is 0 Å². The molecule has 0 aliphatic rings. The molecular formula is C13H20O2. The van der Waals surface area contributed by atoms with Crippen LogP contribution in [0.15, 0.2) is 37.0 Å². The molecule has 0 aliphatic carbocycles. The molecule has 0 radical (unpaired) electrons. The van der Waals surface area contributed by atoms with Gasteiger partial charge in [-0.2, -0.15) is 0 Å². The first-order chi connectivity index (χ1) is 7.22. The summed E-state index contributed by atoms with van der Waals surface area (Å²) in [6, 6.07) is 0. The van der Waals surface area contributed by atoms with Gasteiger partial charge < -0.3 is 4.74 Å². The molecule has 0 aromatic carbocycles. The second-order valence-electron chi connectivity index (χ2n) is 3.32. The third kappa shape index (κ3) is 7.74. The highest BCUT2D eigenvalue weighted by Crippen LogP contribution is 2.06. The van der Waals surface area contributed by atoms with Crippen molar-refractivity contribution in [3.63, 3.8) is 0 Å². The van der Waals surface area contributed by atoms with Crippen LogP contribution in [0.5, 0.6) is 0 Å². The number of ether oxygens (including phenoxy) is 1. The fourth-order valence-electron chi connectivity index (χ4n) is 1.12. The maximum absolute atomic E-state index is 11.0. The Hall–Kier alpha value is -1.31.